The van der Waals surface area contributed by atoms with Gasteiger partial charge in [0.25, 0.3) is 5.56 Å². The first-order valence-electron chi connectivity index (χ1n) is 13.7. The zero-order valence-electron chi connectivity index (χ0n) is 24.4. The summed E-state index contributed by atoms with van der Waals surface area (Å²) in [6.07, 6.45) is 1.37. The van der Waals surface area contributed by atoms with Gasteiger partial charge in [0.1, 0.15) is 24.1 Å². The number of aromatic carboxylic acids is 1. The highest BCUT2D eigenvalue weighted by atomic mass is 79.9. The fourth-order valence-electron chi connectivity index (χ4n) is 4.85. The number of esters is 1. The molecular formula is C33H29BrN2O7S. The molecule has 11 heteroatoms. The van der Waals surface area contributed by atoms with E-state index in [4.69, 9.17) is 19.3 Å². The Bertz CT molecular complexity index is 1960. The Hall–Kier alpha value is -4.48. The van der Waals surface area contributed by atoms with Crippen LogP contribution in [0.25, 0.3) is 6.08 Å². The zero-order chi connectivity index (χ0) is 31.5. The molecule has 2 heterocycles. The Labute approximate surface area is 265 Å². The minimum Gasteiger partial charge on any atom is -0.496 e. The summed E-state index contributed by atoms with van der Waals surface area (Å²) in [7, 11) is 1.54. The number of hydrogen-bond donors (Lipinski definition) is 1. The van der Waals surface area contributed by atoms with E-state index < -0.39 is 18.0 Å². The normalized spacial score (nSPS) is 14.7. The second kappa shape index (κ2) is 13.0. The fraction of sp³-hybridized carbons (Fsp3) is 0.212. The maximum absolute atomic E-state index is 14.1. The van der Waals surface area contributed by atoms with Gasteiger partial charge in [-0.25, -0.2) is 14.6 Å². The number of fused-ring (bicyclic) bond motifs is 1. The van der Waals surface area contributed by atoms with Crippen molar-refractivity contribution in [3.05, 3.63) is 124 Å². The van der Waals surface area contributed by atoms with Crippen molar-refractivity contribution in [3.8, 4) is 11.5 Å². The second-order valence-corrected chi connectivity index (χ2v) is 12.2. The second-order valence-electron chi connectivity index (χ2n) is 10.3. The van der Waals surface area contributed by atoms with E-state index in [-0.39, 0.29) is 29.4 Å². The smallest absolute Gasteiger partial charge is 0.338 e. The van der Waals surface area contributed by atoms with Crippen molar-refractivity contribution in [1.82, 2.24) is 4.57 Å². The molecule has 1 atom stereocenters. The maximum atomic E-state index is 14.1. The molecule has 0 saturated heterocycles. The number of carbonyl (C=O) groups is 2. The minimum atomic E-state index is -0.996. The monoisotopic (exact) mass is 676 g/mol. The van der Waals surface area contributed by atoms with Crippen molar-refractivity contribution in [2.45, 2.75) is 39.5 Å². The largest absolute Gasteiger partial charge is 0.496 e. The molecule has 1 aromatic heterocycles. The van der Waals surface area contributed by atoms with E-state index in [1.54, 1.807) is 51.1 Å². The average Bonchev–Trinajstić information content (AvgIpc) is 3.29. The van der Waals surface area contributed by atoms with Gasteiger partial charge in [-0.15, -0.1) is 0 Å². The molecule has 1 aliphatic heterocycles. The van der Waals surface area contributed by atoms with Crippen molar-refractivity contribution < 1.29 is 28.9 Å². The number of allylic oxidation sites excluding steroid dienone is 1. The molecule has 1 N–H and O–H groups in total. The van der Waals surface area contributed by atoms with Gasteiger partial charge in [-0.2, -0.15) is 0 Å². The van der Waals surface area contributed by atoms with Crippen LogP contribution in [-0.2, 0) is 16.1 Å². The van der Waals surface area contributed by atoms with Crippen molar-refractivity contribution in [3.63, 3.8) is 0 Å². The number of ether oxygens (including phenoxy) is 3. The zero-order valence-corrected chi connectivity index (χ0v) is 26.8. The first-order chi connectivity index (χ1) is 21.1. The third-order valence-corrected chi connectivity index (χ3v) is 8.35. The van der Waals surface area contributed by atoms with E-state index in [0.717, 1.165) is 10.0 Å². The summed E-state index contributed by atoms with van der Waals surface area (Å²) in [4.78, 5) is 43.8. The number of nitrogens with zero attached hydrogens (tertiary/aromatic N) is 2. The van der Waals surface area contributed by atoms with Crippen LogP contribution in [0, 0.1) is 0 Å². The predicted octanol–water partition coefficient (Wildman–Crippen LogP) is 5.24. The van der Waals surface area contributed by atoms with Crippen LogP contribution in [-0.4, -0.2) is 34.8 Å². The molecule has 5 rings (SSSR count). The topological polar surface area (TPSA) is 116 Å². The van der Waals surface area contributed by atoms with Gasteiger partial charge in [0.05, 0.1) is 34.6 Å². The van der Waals surface area contributed by atoms with E-state index in [2.05, 4.69) is 20.9 Å². The van der Waals surface area contributed by atoms with Crippen LogP contribution < -0.4 is 24.4 Å². The molecule has 0 fully saturated rings. The number of aromatic nitrogens is 1. The number of para-hydroxylation sites is 1. The van der Waals surface area contributed by atoms with Gasteiger partial charge >= 0.3 is 11.9 Å². The lowest BCUT2D eigenvalue weighted by molar-refractivity contribution is -0.143. The first-order valence-corrected chi connectivity index (χ1v) is 15.3. The van der Waals surface area contributed by atoms with Crippen LogP contribution in [0.4, 0.5) is 0 Å². The maximum Gasteiger partial charge on any atom is 0.338 e. The van der Waals surface area contributed by atoms with Gasteiger partial charge < -0.3 is 19.3 Å². The molecule has 0 amide bonds. The molecule has 0 saturated carbocycles. The van der Waals surface area contributed by atoms with Gasteiger partial charge in [-0.1, -0.05) is 57.6 Å². The molecule has 3 aromatic carbocycles. The lowest BCUT2D eigenvalue weighted by atomic mass is 9.95. The van der Waals surface area contributed by atoms with Gasteiger partial charge in [0.15, 0.2) is 4.80 Å². The Kier molecular flexibility index (Phi) is 9.17. The Morgan fingerprint density at radius 3 is 2.50 bits per heavy atom. The third kappa shape index (κ3) is 6.39. The minimum absolute atomic E-state index is 0.194. The van der Waals surface area contributed by atoms with Gasteiger partial charge in [0.2, 0.25) is 0 Å². The lowest BCUT2D eigenvalue weighted by Crippen LogP contribution is -2.40. The first kappa shape index (κ1) is 31.0. The number of carboxylic acids is 1. The third-order valence-electron chi connectivity index (χ3n) is 6.87. The summed E-state index contributed by atoms with van der Waals surface area (Å²) in [5, 5.41) is 9.15. The number of halogens is 1. The molecule has 226 valence electrons. The molecule has 0 spiro atoms. The molecule has 0 bridgehead atoms. The number of hydrogen-bond acceptors (Lipinski definition) is 8. The quantitative estimate of drug-likeness (QED) is 0.241. The van der Waals surface area contributed by atoms with E-state index >= 15 is 0 Å². The fourth-order valence-corrected chi connectivity index (χ4v) is 6.27. The van der Waals surface area contributed by atoms with Gasteiger partial charge in [-0.05, 0) is 68.8 Å². The van der Waals surface area contributed by atoms with Crippen molar-refractivity contribution in [1.29, 1.82) is 0 Å². The molecule has 0 unspecified atom stereocenters. The lowest BCUT2D eigenvalue weighted by Gasteiger charge is -2.26. The highest BCUT2D eigenvalue weighted by Gasteiger charge is 2.35. The van der Waals surface area contributed by atoms with Crippen LogP contribution in [0.15, 0.2) is 92.3 Å². The molecular weight excluding hydrogens is 648 g/mol. The summed E-state index contributed by atoms with van der Waals surface area (Å²) in [5.41, 5.74) is 2.65. The highest BCUT2D eigenvalue weighted by molar-refractivity contribution is 9.10. The molecule has 0 radical (unpaired) electrons. The average molecular weight is 678 g/mol. The SMILES string of the molecule is COc1ccc(Br)cc1[C@H]1C(C(=O)OC(C)C)=C(C)N=c2s/c(=C\c3ccccc3OCc3ccc(C(=O)O)cc3)c(=O)n21. The van der Waals surface area contributed by atoms with Crippen LogP contribution in [0.1, 0.15) is 53.9 Å². The summed E-state index contributed by atoms with van der Waals surface area (Å²) in [6, 6.07) is 18.4. The van der Waals surface area contributed by atoms with E-state index in [1.165, 1.54) is 35.1 Å². The highest BCUT2D eigenvalue weighted by Crippen LogP contribution is 2.37. The predicted molar refractivity (Wildman–Crippen MR) is 170 cm³/mol. The summed E-state index contributed by atoms with van der Waals surface area (Å²) in [5.74, 6) is -0.502. The van der Waals surface area contributed by atoms with Crippen LogP contribution >= 0.6 is 27.3 Å². The number of rotatable bonds is 9. The molecule has 9 nitrogen and oxygen atoms in total. The Morgan fingerprint density at radius 2 is 1.82 bits per heavy atom. The Balaban J connectivity index is 1.60. The van der Waals surface area contributed by atoms with Crippen LogP contribution in [0.5, 0.6) is 11.5 Å². The van der Waals surface area contributed by atoms with Gasteiger partial charge in [0, 0.05) is 15.6 Å². The van der Waals surface area contributed by atoms with E-state index in [0.29, 0.717) is 37.7 Å². The molecule has 1 aliphatic rings. The van der Waals surface area contributed by atoms with Gasteiger partial charge in [-0.3, -0.25) is 9.36 Å². The van der Waals surface area contributed by atoms with Crippen molar-refractivity contribution in [2.75, 3.05) is 7.11 Å². The van der Waals surface area contributed by atoms with E-state index in [9.17, 15) is 14.4 Å². The number of carboxylic acid groups (broad SMARTS) is 1. The number of benzene rings is 3. The standard InChI is InChI=1S/C33H29BrN2O7S/c1-18(2)43-32(40)28-19(3)35-33-36(29(28)24-16-23(34)13-14-26(24)41-4)30(37)27(44-33)15-22-7-5-6-8-25(22)42-17-20-9-11-21(12-10-20)31(38)39/h5-16,18,29H,17H2,1-4H3,(H,38,39)/b27-15-/t29-/m0/s1. The van der Waals surface area contributed by atoms with Crippen molar-refractivity contribution >= 4 is 45.3 Å². The summed E-state index contributed by atoms with van der Waals surface area (Å²) < 4.78 is 20.0. The number of methoxy groups -OCH3 is 1. The van der Waals surface area contributed by atoms with Crippen LogP contribution in [0.3, 0.4) is 0 Å². The Morgan fingerprint density at radius 1 is 1.09 bits per heavy atom. The molecule has 4 aromatic rings. The molecule has 0 aliphatic carbocycles. The number of carbonyl (C=O) groups excluding carboxylic acids is 1. The van der Waals surface area contributed by atoms with Crippen LogP contribution in [0.2, 0.25) is 0 Å². The number of thiazole rings is 1. The van der Waals surface area contributed by atoms with Crippen molar-refractivity contribution in [2.24, 2.45) is 4.99 Å². The summed E-state index contributed by atoms with van der Waals surface area (Å²) in [6.45, 7) is 5.47. The molecule has 44 heavy (non-hydrogen) atoms. The summed E-state index contributed by atoms with van der Waals surface area (Å²) >= 11 is 4.73. The van der Waals surface area contributed by atoms with E-state index in [1.807, 2.05) is 30.3 Å².